The first-order valence-electron chi connectivity index (χ1n) is 6.54. The molecule has 0 radical (unpaired) electrons. The molecule has 0 saturated heterocycles. The molecule has 0 aliphatic heterocycles. The number of anilines is 1. The number of nitrogens with one attached hydrogen (secondary N) is 1. The molecule has 1 atom stereocenters. The highest BCUT2D eigenvalue weighted by Gasteiger charge is 2.17. The molecule has 1 unspecified atom stereocenters. The molecule has 21 heavy (non-hydrogen) atoms. The zero-order valence-electron chi connectivity index (χ0n) is 11.5. The van der Waals surface area contributed by atoms with Crippen LogP contribution in [0.2, 0.25) is 0 Å². The lowest BCUT2D eigenvalue weighted by Crippen LogP contribution is -2.17. The van der Waals surface area contributed by atoms with Crippen LogP contribution in [0.25, 0.3) is 0 Å². The Balaban J connectivity index is 2.07. The second-order valence-corrected chi connectivity index (χ2v) is 4.78. The molecule has 3 nitrogen and oxygen atoms in total. The average Bonchev–Trinajstić information content (AvgIpc) is 2.50. The van der Waals surface area contributed by atoms with Crippen molar-refractivity contribution in [1.82, 2.24) is 0 Å². The number of hydrogen-bond acceptors (Lipinski definition) is 2. The summed E-state index contributed by atoms with van der Waals surface area (Å²) in [7, 11) is 0. The fourth-order valence-corrected chi connectivity index (χ4v) is 2.03. The van der Waals surface area contributed by atoms with Crippen LogP contribution in [0.4, 0.5) is 10.1 Å². The zero-order chi connectivity index (χ0) is 15.2. The van der Waals surface area contributed by atoms with E-state index in [2.05, 4.69) is 5.32 Å². The average molecular weight is 308 g/mol. The van der Waals surface area contributed by atoms with E-state index in [1.165, 1.54) is 12.1 Å². The van der Waals surface area contributed by atoms with Crippen molar-refractivity contribution >= 4 is 23.2 Å². The predicted molar refractivity (Wildman–Crippen MR) is 81.2 cm³/mol. The van der Waals surface area contributed by atoms with Crippen LogP contribution in [0.15, 0.2) is 48.5 Å². The highest BCUT2D eigenvalue weighted by Crippen LogP contribution is 2.25. The third-order valence-corrected chi connectivity index (χ3v) is 3.27. The van der Waals surface area contributed by atoms with Gasteiger partial charge in [0.1, 0.15) is 5.38 Å². The Labute approximate surface area is 127 Å². The molecule has 0 aliphatic rings. The first-order valence-corrected chi connectivity index (χ1v) is 6.97. The van der Waals surface area contributed by atoms with Crippen LogP contribution in [-0.4, -0.2) is 12.5 Å². The normalized spacial score (nSPS) is 11.8. The van der Waals surface area contributed by atoms with Gasteiger partial charge >= 0.3 is 0 Å². The molecular formula is C16H15ClFNO2. The van der Waals surface area contributed by atoms with Crippen molar-refractivity contribution in [2.75, 3.05) is 11.9 Å². The Bertz CT molecular complexity index is 619. The van der Waals surface area contributed by atoms with E-state index in [9.17, 15) is 9.18 Å². The van der Waals surface area contributed by atoms with E-state index in [1.807, 2.05) is 6.07 Å². The molecular weight excluding hydrogens is 293 g/mol. The molecule has 110 valence electrons. The predicted octanol–water partition coefficient (Wildman–Crippen LogP) is 4.14. The standard InChI is InChI=1S/C16H15ClFNO2/c1-2-21-14-9-8-12(10-13(14)18)19-16(20)15(17)11-6-4-3-5-7-11/h3-10,15H,2H2,1H3,(H,19,20). The third kappa shape index (κ3) is 3.95. The summed E-state index contributed by atoms with van der Waals surface area (Å²) in [5.74, 6) is -0.784. The molecule has 0 aliphatic carbocycles. The minimum atomic E-state index is -0.833. The number of alkyl halides is 1. The van der Waals surface area contributed by atoms with E-state index in [1.54, 1.807) is 37.3 Å². The topological polar surface area (TPSA) is 38.3 Å². The van der Waals surface area contributed by atoms with Crippen LogP contribution < -0.4 is 10.1 Å². The molecule has 0 saturated carbocycles. The summed E-state index contributed by atoms with van der Waals surface area (Å²) in [5, 5.41) is 1.75. The smallest absolute Gasteiger partial charge is 0.246 e. The third-order valence-electron chi connectivity index (χ3n) is 2.82. The molecule has 0 bridgehead atoms. The van der Waals surface area contributed by atoms with Crippen molar-refractivity contribution in [2.24, 2.45) is 0 Å². The quantitative estimate of drug-likeness (QED) is 0.843. The van der Waals surface area contributed by atoms with Crippen molar-refractivity contribution in [1.29, 1.82) is 0 Å². The van der Waals surface area contributed by atoms with Crippen LogP contribution in [0.3, 0.4) is 0 Å². The highest BCUT2D eigenvalue weighted by molar-refractivity contribution is 6.32. The lowest BCUT2D eigenvalue weighted by atomic mass is 10.1. The van der Waals surface area contributed by atoms with Gasteiger partial charge in [-0.05, 0) is 24.6 Å². The Kier molecular flexibility index (Phi) is 5.17. The number of ether oxygens (including phenoxy) is 1. The Morgan fingerprint density at radius 2 is 2.00 bits per heavy atom. The summed E-state index contributed by atoms with van der Waals surface area (Å²) in [5.41, 5.74) is 1.02. The van der Waals surface area contributed by atoms with Gasteiger partial charge in [0.15, 0.2) is 11.6 Å². The van der Waals surface area contributed by atoms with Crippen molar-refractivity contribution in [3.05, 3.63) is 59.9 Å². The first kappa shape index (κ1) is 15.3. The summed E-state index contributed by atoms with van der Waals surface area (Å²) in [6.07, 6.45) is 0. The van der Waals surface area contributed by atoms with Crippen molar-refractivity contribution in [3.8, 4) is 5.75 Å². The van der Waals surface area contributed by atoms with Crippen LogP contribution >= 0.6 is 11.6 Å². The SMILES string of the molecule is CCOc1ccc(NC(=O)C(Cl)c2ccccc2)cc1F. The van der Waals surface area contributed by atoms with Gasteiger partial charge in [-0.3, -0.25) is 4.79 Å². The number of halogens is 2. The molecule has 1 N–H and O–H groups in total. The fourth-order valence-electron chi connectivity index (χ4n) is 1.83. The van der Waals surface area contributed by atoms with E-state index >= 15 is 0 Å². The van der Waals surface area contributed by atoms with Gasteiger partial charge in [0, 0.05) is 11.8 Å². The Morgan fingerprint density at radius 1 is 1.29 bits per heavy atom. The minimum absolute atomic E-state index is 0.154. The number of rotatable bonds is 5. The number of carbonyl (C=O) groups is 1. The van der Waals surface area contributed by atoms with Crippen molar-refractivity contribution < 1.29 is 13.9 Å². The number of hydrogen-bond donors (Lipinski definition) is 1. The number of carbonyl (C=O) groups excluding carboxylic acids is 1. The van der Waals surface area contributed by atoms with Gasteiger partial charge in [-0.2, -0.15) is 0 Å². The minimum Gasteiger partial charge on any atom is -0.491 e. The van der Waals surface area contributed by atoms with E-state index in [4.69, 9.17) is 16.3 Å². The van der Waals surface area contributed by atoms with E-state index in [0.717, 1.165) is 0 Å². The summed E-state index contributed by atoms with van der Waals surface area (Å²) < 4.78 is 18.8. The van der Waals surface area contributed by atoms with Crippen LogP contribution in [0.1, 0.15) is 17.9 Å². The maximum Gasteiger partial charge on any atom is 0.246 e. The highest BCUT2D eigenvalue weighted by atomic mass is 35.5. The van der Waals surface area contributed by atoms with Crippen molar-refractivity contribution in [3.63, 3.8) is 0 Å². The first-order chi connectivity index (χ1) is 10.1. The van der Waals surface area contributed by atoms with E-state index in [-0.39, 0.29) is 5.75 Å². The van der Waals surface area contributed by atoms with Gasteiger partial charge < -0.3 is 10.1 Å². The molecule has 1 amide bonds. The molecule has 0 aromatic heterocycles. The monoisotopic (exact) mass is 307 g/mol. The lowest BCUT2D eigenvalue weighted by Gasteiger charge is -2.12. The van der Waals surface area contributed by atoms with Gasteiger partial charge in [0.05, 0.1) is 6.61 Å². The molecule has 0 heterocycles. The number of amides is 1. The molecule has 2 aromatic carbocycles. The largest absolute Gasteiger partial charge is 0.491 e. The molecule has 2 rings (SSSR count). The van der Waals surface area contributed by atoms with Crippen LogP contribution in [-0.2, 0) is 4.79 Å². The molecule has 0 spiro atoms. The van der Waals surface area contributed by atoms with Gasteiger partial charge in [-0.15, -0.1) is 11.6 Å². The molecule has 0 fully saturated rings. The summed E-state index contributed by atoms with van der Waals surface area (Å²) in [4.78, 5) is 12.0. The van der Waals surface area contributed by atoms with Crippen LogP contribution in [0.5, 0.6) is 5.75 Å². The Hall–Kier alpha value is -2.07. The van der Waals surface area contributed by atoms with Gasteiger partial charge in [0.25, 0.3) is 0 Å². The lowest BCUT2D eigenvalue weighted by molar-refractivity contribution is -0.116. The number of benzene rings is 2. The summed E-state index contributed by atoms with van der Waals surface area (Å²) in [6, 6.07) is 13.2. The van der Waals surface area contributed by atoms with Crippen molar-refractivity contribution in [2.45, 2.75) is 12.3 Å². The second-order valence-electron chi connectivity index (χ2n) is 4.34. The zero-order valence-corrected chi connectivity index (χ0v) is 12.2. The molecule has 2 aromatic rings. The van der Waals surface area contributed by atoms with Crippen LogP contribution in [0, 0.1) is 5.82 Å². The van der Waals surface area contributed by atoms with E-state index < -0.39 is 17.1 Å². The van der Waals surface area contributed by atoms with E-state index in [0.29, 0.717) is 17.9 Å². The summed E-state index contributed by atoms with van der Waals surface area (Å²) in [6.45, 7) is 2.15. The van der Waals surface area contributed by atoms with Gasteiger partial charge in [0.2, 0.25) is 5.91 Å². The second kappa shape index (κ2) is 7.09. The maximum atomic E-state index is 13.7. The van der Waals surface area contributed by atoms with Gasteiger partial charge in [-0.25, -0.2) is 4.39 Å². The fraction of sp³-hybridized carbons (Fsp3) is 0.188. The Morgan fingerprint density at radius 3 is 2.62 bits per heavy atom. The summed E-state index contributed by atoms with van der Waals surface area (Å²) >= 11 is 6.10. The van der Waals surface area contributed by atoms with Gasteiger partial charge in [-0.1, -0.05) is 30.3 Å². The maximum absolute atomic E-state index is 13.7. The molecule has 5 heteroatoms.